The van der Waals surface area contributed by atoms with E-state index in [9.17, 15) is 9.59 Å². The summed E-state index contributed by atoms with van der Waals surface area (Å²) in [5.41, 5.74) is 1.19. The molecule has 24 heavy (non-hydrogen) atoms. The van der Waals surface area contributed by atoms with Gasteiger partial charge in [-0.05, 0) is 57.9 Å². The molecule has 0 unspecified atom stereocenters. The second kappa shape index (κ2) is 8.21. The molecule has 2 fully saturated rings. The van der Waals surface area contributed by atoms with Crippen LogP contribution in [0.2, 0.25) is 0 Å². The summed E-state index contributed by atoms with van der Waals surface area (Å²) < 4.78 is 0. The molecule has 130 valence electrons. The fourth-order valence-corrected chi connectivity index (χ4v) is 3.24. The Hall–Kier alpha value is -1.99. The van der Waals surface area contributed by atoms with E-state index in [1.54, 1.807) is 18.5 Å². The van der Waals surface area contributed by atoms with Crippen LogP contribution < -0.4 is 21.3 Å². The number of carbonyl (C=O) groups excluding carboxylic acids is 2. The summed E-state index contributed by atoms with van der Waals surface area (Å²) >= 11 is 0. The maximum atomic E-state index is 12.4. The van der Waals surface area contributed by atoms with Crippen molar-refractivity contribution >= 4 is 23.2 Å². The van der Waals surface area contributed by atoms with Gasteiger partial charge in [0, 0.05) is 18.0 Å². The summed E-state index contributed by atoms with van der Waals surface area (Å²) in [5.74, 6) is 0.0498. The van der Waals surface area contributed by atoms with E-state index in [0.29, 0.717) is 11.4 Å². The summed E-state index contributed by atoms with van der Waals surface area (Å²) in [5, 5.41) is 12.4. The number of aromatic nitrogens is 1. The van der Waals surface area contributed by atoms with Gasteiger partial charge >= 0.3 is 0 Å². The molecule has 0 spiro atoms. The molecule has 3 rings (SSSR count). The molecular weight excluding hydrogens is 306 g/mol. The predicted molar refractivity (Wildman–Crippen MR) is 92.7 cm³/mol. The third-order valence-corrected chi connectivity index (χ3v) is 4.76. The monoisotopic (exact) mass is 331 g/mol. The first kappa shape index (κ1) is 16.9. The van der Waals surface area contributed by atoms with Crippen molar-refractivity contribution in [1.29, 1.82) is 0 Å². The molecule has 3 heterocycles. The molecule has 2 aliphatic rings. The third kappa shape index (κ3) is 4.30. The minimum absolute atomic E-state index is 0.00173. The van der Waals surface area contributed by atoms with Gasteiger partial charge in [0.15, 0.2) is 0 Å². The van der Waals surface area contributed by atoms with Gasteiger partial charge in [0.05, 0.1) is 17.6 Å². The highest BCUT2D eigenvalue weighted by atomic mass is 16.2. The molecule has 0 aliphatic carbocycles. The van der Waals surface area contributed by atoms with Crippen molar-refractivity contribution in [3.05, 3.63) is 18.5 Å². The third-order valence-electron chi connectivity index (χ3n) is 4.76. The first-order chi connectivity index (χ1) is 11.7. The van der Waals surface area contributed by atoms with Crippen molar-refractivity contribution in [2.24, 2.45) is 11.8 Å². The van der Waals surface area contributed by atoms with Crippen molar-refractivity contribution in [2.75, 3.05) is 36.8 Å². The highest BCUT2D eigenvalue weighted by Gasteiger charge is 2.24. The second-order valence-electron chi connectivity index (χ2n) is 6.45. The Kier molecular flexibility index (Phi) is 5.77. The first-order valence-corrected chi connectivity index (χ1v) is 8.71. The number of carbonyl (C=O) groups is 2. The van der Waals surface area contributed by atoms with Gasteiger partial charge in [0.1, 0.15) is 0 Å². The van der Waals surface area contributed by atoms with E-state index in [2.05, 4.69) is 26.3 Å². The first-order valence-electron chi connectivity index (χ1n) is 8.71. The zero-order valence-electron chi connectivity index (χ0n) is 13.8. The summed E-state index contributed by atoms with van der Waals surface area (Å²) in [4.78, 5) is 28.9. The van der Waals surface area contributed by atoms with Crippen LogP contribution in [0.5, 0.6) is 0 Å². The average molecular weight is 331 g/mol. The van der Waals surface area contributed by atoms with Crippen LogP contribution in [0.15, 0.2) is 18.5 Å². The van der Waals surface area contributed by atoms with Crippen molar-refractivity contribution in [1.82, 2.24) is 15.6 Å². The van der Waals surface area contributed by atoms with Crippen molar-refractivity contribution in [3.63, 3.8) is 0 Å². The van der Waals surface area contributed by atoms with E-state index in [4.69, 9.17) is 0 Å². The van der Waals surface area contributed by atoms with Gasteiger partial charge in [-0.2, -0.15) is 0 Å². The normalized spacial score (nSPS) is 19.7. The van der Waals surface area contributed by atoms with Crippen LogP contribution in [0.25, 0.3) is 0 Å². The van der Waals surface area contributed by atoms with Crippen LogP contribution in [0.4, 0.5) is 11.4 Å². The lowest BCUT2D eigenvalue weighted by atomic mass is 9.97. The van der Waals surface area contributed by atoms with Gasteiger partial charge in [-0.15, -0.1) is 0 Å². The Morgan fingerprint density at radius 2 is 1.38 bits per heavy atom. The average Bonchev–Trinajstić information content (AvgIpc) is 2.64. The molecule has 7 heteroatoms. The van der Waals surface area contributed by atoms with Gasteiger partial charge in [0.25, 0.3) is 0 Å². The smallest absolute Gasteiger partial charge is 0.227 e. The number of nitrogens with one attached hydrogen (secondary N) is 4. The van der Waals surface area contributed by atoms with E-state index in [1.165, 1.54) is 0 Å². The fourth-order valence-electron chi connectivity index (χ4n) is 3.24. The number of rotatable bonds is 4. The number of nitrogens with zero attached hydrogens (tertiary/aromatic N) is 1. The van der Waals surface area contributed by atoms with Crippen LogP contribution in [0.1, 0.15) is 25.7 Å². The summed E-state index contributed by atoms with van der Waals surface area (Å²) in [6, 6.07) is 1.73. The highest BCUT2D eigenvalue weighted by Crippen LogP contribution is 2.24. The predicted octanol–water partition coefficient (Wildman–Crippen LogP) is 0.958. The van der Waals surface area contributed by atoms with Gasteiger partial charge in [0.2, 0.25) is 11.8 Å². The SMILES string of the molecule is O=C(Nc1ccncc1NC(=O)C1CCNCC1)C1CCNCC1. The molecule has 1 aromatic heterocycles. The summed E-state index contributed by atoms with van der Waals surface area (Å²) in [6.45, 7) is 3.47. The van der Waals surface area contributed by atoms with Crippen molar-refractivity contribution in [3.8, 4) is 0 Å². The maximum Gasteiger partial charge on any atom is 0.227 e. The molecule has 2 saturated heterocycles. The summed E-state index contributed by atoms with van der Waals surface area (Å²) in [7, 11) is 0. The molecule has 4 N–H and O–H groups in total. The molecule has 0 bridgehead atoms. The van der Waals surface area contributed by atoms with E-state index in [-0.39, 0.29) is 23.7 Å². The molecule has 0 aromatic carbocycles. The topological polar surface area (TPSA) is 95.2 Å². The lowest BCUT2D eigenvalue weighted by Gasteiger charge is -2.24. The molecule has 0 radical (unpaired) electrons. The quantitative estimate of drug-likeness (QED) is 0.659. The standard InChI is InChI=1S/C17H25N5O2/c23-16(12-1-6-18-7-2-12)21-14-5-10-20-11-15(14)22-17(24)13-3-8-19-9-4-13/h5,10-13,18-19H,1-4,6-9H2,(H,22,24)(H,20,21,23). The molecule has 7 nitrogen and oxygen atoms in total. The molecule has 1 aromatic rings. The van der Waals surface area contributed by atoms with E-state index in [0.717, 1.165) is 51.9 Å². The molecule has 2 aliphatic heterocycles. The zero-order chi connectivity index (χ0) is 16.8. The number of anilines is 2. The van der Waals surface area contributed by atoms with Crippen LogP contribution in [-0.2, 0) is 9.59 Å². The molecule has 0 atom stereocenters. The Balaban J connectivity index is 1.63. The number of piperidine rings is 2. The molecule has 2 amide bonds. The number of pyridine rings is 1. The minimum atomic E-state index is 0.00173. The fraction of sp³-hybridized carbons (Fsp3) is 0.588. The lowest BCUT2D eigenvalue weighted by Crippen LogP contribution is -2.35. The van der Waals surface area contributed by atoms with Gasteiger partial charge in [-0.1, -0.05) is 0 Å². The van der Waals surface area contributed by atoms with Gasteiger partial charge < -0.3 is 21.3 Å². The van der Waals surface area contributed by atoms with Crippen molar-refractivity contribution in [2.45, 2.75) is 25.7 Å². The second-order valence-corrected chi connectivity index (χ2v) is 6.45. The maximum absolute atomic E-state index is 12.4. The Labute approximate surface area is 142 Å². The summed E-state index contributed by atoms with van der Waals surface area (Å²) in [6.07, 6.45) is 6.57. The van der Waals surface area contributed by atoms with Crippen LogP contribution in [-0.4, -0.2) is 43.0 Å². The van der Waals surface area contributed by atoms with Crippen LogP contribution in [0.3, 0.4) is 0 Å². The van der Waals surface area contributed by atoms with E-state index >= 15 is 0 Å². The van der Waals surface area contributed by atoms with Crippen molar-refractivity contribution < 1.29 is 9.59 Å². The zero-order valence-corrected chi connectivity index (χ0v) is 13.8. The Bertz CT molecular complexity index is 529. The lowest BCUT2D eigenvalue weighted by molar-refractivity contribution is -0.121. The molecule has 0 saturated carbocycles. The number of hydrogen-bond acceptors (Lipinski definition) is 5. The van der Waals surface area contributed by atoms with Gasteiger partial charge in [-0.25, -0.2) is 0 Å². The highest BCUT2D eigenvalue weighted by molar-refractivity contribution is 6.00. The van der Waals surface area contributed by atoms with Gasteiger partial charge in [-0.3, -0.25) is 14.6 Å². The van der Waals surface area contributed by atoms with E-state index < -0.39 is 0 Å². The molecular formula is C17H25N5O2. The van der Waals surface area contributed by atoms with E-state index in [1.807, 2.05) is 0 Å². The Morgan fingerprint density at radius 3 is 1.92 bits per heavy atom. The minimum Gasteiger partial charge on any atom is -0.324 e. The van der Waals surface area contributed by atoms with Crippen LogP contribution in [0, 0.1) is 11.8 Å². The number of hydrogen-bond donors (Lipinski definition) is 4. The Morgan fingerprint density at radius 1 is 0.875 bits per heavy atom. The largest absolute Gasteiger partial charge is 0.324 e. The van der Waals surface area contributed by atoms with Crippen LogP contribution >= 0.6 is 0 Å². The number of amides is 2.